The molecule has 1 atom stereocenters. The van der Waals surface area contributed by atoms with Crippen molar-refractivity contribution < 1.29 is 0 Å². The van der Waals surface area contributed by atoms with E-state index in [2.05, 4.69) is 48.1 Å². The van der Waals surface area contributed by atoms with Gasteiger partial charge in [0.25, 0.3) is 0 Å². The van der Waals surface area contributed by atoms with Gasteiger partial charge in [0.05, 0.1) is 0 Å². The molecule has 1 fully saturated rings. The Labute approximate surface area is 130 Å². The molecule has 1 nitrogen and oxygen atoms in total. The molecular formula is C16H26BrNS. The molecule has 1 aliphatic rings. The molecule has 108 valence electrons. The molecule has 0 amide bonds. The molecule has 1 N–H and O–H groups in total. The van der Waals surface area contributed by atoms with Crippen molar-refractivity contribution in [2.75, 3.05) is 6.54 Å². The molecular weight excluding hydrogens is 318 g/mol. The number of aryl methyl sites for hydroxylation is 1. The molecule has 0 aromatic carbocycles. The Morgan fingerprint density at radius 2 is 2.05 bits per heavy atom. The van der Waals surface area contributed by atoms with Gasteiger partial charge >= 0.3 is 0 Å². The second-order valence-electron chi connectivity index (χ2n) is 6.02. The van der Waals surface area contributed by atoms with Gasteiger partial charge in [-0.25, -0.2) is 0 Å². The summed E-state index contributed by atoms with van der Waals surface area (Å²) in [5.74, 6) is 1.74. The Morgan fingerprint density at radius 1 is 1.37 bits per heavy atom. The second-order valence-corrected chi connectivity index (χ2v) is 8.16. The number of thiophene rings is 1. The van der Waals surface area contributed by atoms with E-state index < -0.39 is 0 Å². The van der Waals surface area contributed by atoms with Crippen LogP contribution < -0.4 is 5.32 Å². The maximum absolute atomic E-state index is 3.80. The third-order valence-corrected chi connectivity index (χ3v) is 6.32. The van der Waals surface area contributed by atoms with Gasteiger partial charge in [-0.15, -0.1) is 11.3 Å². The highest BCUT2D eigenvalue weighted by Gasteiger charge is 2.29. The number of rotatable bonds is 5. The highest BCUT2D eigenvalue weighted by molar-refractivity contribution is 9.10. The van der Waals surface area contributed by atoms with Crippen molar-refractivity contribution in [3.05, 3.63) is 20.3 Å². The lowest BCUT2D eigenvalue weighted by Gasteiger charge is -2.33. The summed E-state index contributed by atoms with van der Waals surface area (Å²) in [6, 6.07) is 2.83. The van der Waals surface area contributed by atoms with Crippen molar-refractivity contribution >= 4 is 27.3 Å². The molecule has 1 aromatic rings. The van der Waals surface area contributed by atoms with Gasteiger partial charge in [-0.1, -0.05) is 26.7 Å². The first-order chi connectivity index (χ1) is 9.11. The van der Waals surface area contributed by atoms with Crippen molar-refractivity contribution in [1.29, 1.82) is 0 Å². The van der Waals surface area contributed by atoms with Crippen LogP contribution in [0.15, 0.2) is 10.5 Å². The number of nitrogens with one attached hydrogen (secondary N) is 1. The zero-order valence-corrected chi connectivity index (χ0v) is 14.7. The molecule has 0 bridgehead atoms. The summed E-state index contributed by atoms with van der Waals surface area (Å²) in [4.78, 5) is 2.93. The predicted octanol–water partition coefficient (Wildman–Crippen LogP) is 5.69. The Kier molecular flexibility index (Phi) is 5.91. The molecule has 1 aromatic heterocycles. The Morgan fingerprint density at radius 3 is 2.58 bits per heavy atom. The lowest BCUT2D eigenvalue weighted by molar-refractivity contribution is 0.233. The summed E-state index contributed by atoms with van der Waals surface area (Å²) in [5.41, 5.74) is 0. The van der Waals surface area contributed by atoms with Crippen molar-refractivity contribution in [2.24, 2.45) is 11.8 Å². The fourth-order valence-corrected chi connectivity index (χ4v) is 5.17. The van der Waals surface area contributed by atoms with Crippen LogP contribution in [0, 0.1) is 18.8 Å². The van der Waals surface area contributed by atoms with Crippen molar-refractivity contribution in [3.8, 4) is 0 Å². The van der Waals surface area contributed by atoms with E-state index >= 15 is 0 Å². The monoisotopic (exact) mass is 343 g/mol. The molecule has 3 heteroatoms. The van der Waals surface area contributed by atoms with Crippen LogP contribution in [0.5, 0.6) is 0 Å². The van der Waals surface area contributed by atoms with E-state index in [4.69, 9.17) is 0 Å². The van der Waals surface area contributed by atoms with Crippen molar-refractivity contribution in [2.45, 2.75) is 58.9 Å². The number of hydrogen-bond acceptors (Lipinski definition) is 2. The van der Waals surface area contributed by atoms with Crippen molar-refractivity contribution in [3.63, 3.8) is 0 Å². The lowest BCUT2D eigenvalue weighted by Crippen LogP contribution is -2.31. The van der Waals surface area contributed by atoms with Gasteiger partial charge in [-0.05, 0) is 66.6 Å². The third-order valence-electron chi connectivity index (χ3n) is 4.26. The summed E-state index contributed by atoms with van der Waals surface area (Å²) >= 11 is 5.72. The zero-order valence-electron chi connectivity index (χ0n) is 12.3. The van der Waals surface area contributed by atoms with E-state index in [0.29, 0.717) is 6.04 Å². The maximum atomic E-state index is 3.80. The minimum absolute atomic E-state index is 0.556. The molecule has 0 saturated heterocycles. The first-order valence-electron chi connectivity index (χ1n) is 7.61. The van der Waals surface area contributed by atoms with Crippen LogP contribution in [0.25, 0.3) is 0 Å². The van der Waals surface area contributed by atoms with E-state index in [0.717, 1.165) is 18.4 Å². The molecule has 1 aliphatic carbocycles. The van der Waals surface area contributed by atoms with Gasteiger partial charge < -0.3 is 5.32 Å². The van der Waals surface area contributed by atoms with Crippen LogP contribution >= 0.6 is 27.3 Å². The van der Waals surface area contributed by atoms with E-state index in [1.165, 1.54) is 46.3 Å². The largest absolute Gasteiger partial charge is 0.309 e. The molecule has 0 radical (unpaired) electrons. The van der Waals surface area contributed by atoms with Gasteiger partial charge in [-0.2, -0.15) is 0 Å². The highest BCUT2D eigenvalue weighted by Crippen LogP contribution is 2.42. The predicted molar refractivity (Wildman–Crippen MR) is 88.9 cm³/mol. The summed E-state index contributed by atoms with van der Waals surface area (Å²) < 4.78 is 1.31. The normalized spacial score (nSPS) is 25.5. The summed E-state index contributed by atoms with van der Waals surface area (Å²) in [6.45, 7) is 7.98. The minimum atomic E-state index is 0.556. The summed E-state index contributed by atoms with van der Waals surface area (Å²) in [7, 11) is 0. The van der Waals surface area contributed by atoms with Gasteiger partial charge in [-0.3, -0.25) is 0 Å². The van der Waals surface area contributed by atoms with E-state index in [-0.39, 0.29) is 0 Å². The van der Waals surface area contributed by atoms with Crippen LogP contribution in [0.1, 0.15) is 61.7 Å². The fraction of sp³-hybridized carbons (Fsp3) is 0.750. The lowest BCUT2D eigenvalue weighted by atomic mass is 9.79. The summed E-state index contributed by atoms with van der Waals surface area (Å²) in [6.07, 6.45) is 6.77. The topological polar surface area (TPSA) is 12.0 Å². The Bertz CT molecular complexity index is 393. The van der Waals surface area contributed by atoms with Gasteiger partial charge in [0.1, 0.15) is 0 Å². The molecule has 1 unspecified atom stereocenters. The van der Waals surface area contributed by atoms with E-state index in [9.17, 15) is 0 Å². The molecule has 1 heterocycles. The minimum Gasteiger partial charge on any atom is -0.309 e. The third kappa shape index (κ3) is 4.05. The smallest absolute Gasteiger partial charge is 0.0454 e. The van der Waals surface area contributed by atoms with Gasteiger partial charge in [0.15, 0.2) is 0 Å². The SMILES string of the molecule is CCCNC(c1sc(C)cc1Br)C1CCC(C)CC1. The first-order valence-corrected chi connectivity index (χ1v) is 9.22. The molecule has 2 rings (SSSR count). The zero-order chi connectivity index (χ0) is 13.8. The van der Waals surface area contributed by atoms with E-state index in [1.54, 1.807) is 0 Å². The van der Waals surface area contributed by atoms with Crippen LogP contribution in [0.2, 0.25) is 0 Å². The fourth-order valence-electron chi connectivity index (χ4n) is 3.11. The van der Waals surface area contributed by atoms with Crippen LogP contribution in [-0.2, 0) is 0 Å². The number of halogens is 1. The van der Waals surface area contributed by atoms with Gasteiger partial charge in [0.2, 0.25) is 0 Å². The Hall–Kier alpha value is 0.140. The van der Waals surface area contributed by atoms with E-state index in [1.807, 2.05) is 11.3 Å². The Balaban J connectivity index is 2.13. The van der Waals surface area contributed by atoms with Gasteiger partial charge in [0, 0.05) is 20.3 Å². The molecule has 19 heavy (non-hydrogen) atoms. The van der Waals surface area contributed by atoms with Crippen LogP contribution in [0.3, 0.4) is 0 Å². The van der Waals surface area contributed by atoms with Crippen LogP contribution in [-0.4, -0.2) is 6.54 Å². The average molecular weight is 344 g/mol. The summed E-state index contributed by atoms with van der Waals surface area (Å²) in [5, 5.41) is 3.80. The molecule has 1 saturated carbocycles. The molecule has 0 spiro atoms. The standard InChI is InChI=1S/C16H26BrNS/c1-4-9-18-15(13-7-5-11(2)6-8-13)16-14(17)10-12(3)19-16/h10-11,13,15,18H,4-9H2,1-3H3. The van der Waals surface area contributed by atoms with Crippen LogP contribution in [0.4, 0.5) is 0 Å². The molecule has 0 aliphatic heterocycles. The maximum Gasteiger partial charge on any atom is 0.0454 e. The first kappa shape index (κ1) is 15.5. The quantitative estimate of drug-likeness (QED) is 0.724. The number of hydrogen-bond donors (Lipinski definition) is 1. The average Bonchev–Trinajstić information content (AvgIpc) is 2.71. The highest BCUT2D eigenvalue weighted by atomic mass is 79.9. The second kappa shape index (κ2) is 7.24. The van der Waals surface area contributed by atoms with Crippen molar-refractivity contribution in [1.82, 2.24) is 5.32 Å².